The molecule has 0 radical (unpaired) electrons. The lowest BCUT2D eigenvalue weighted by Gasteiger charge is -2.31. The average molecular weight is 263 g/mol. The number of nitrogens with zero attached hydrogens (tertiary/aromatic N) is 2. The van der Waals surface area contributed by atoms with E-state index in [2.05, 4.69) is 0 Å². The van der Waals surface area contributed by atoms with Crippen LogP contribution >= 0.6 is 0 Å². The van der Waals surface area contributed by atoms with Gasteiger partial charge in [0.05, 0.1) is 31.3 Å². The third kappa shape index (κ3) is 4.42. The van der Waals surface area contributed by atoms with Crippen LogP contribution in [0.25, 0.3) is 0 Å². The summed E-state index contributed by atoms with van der Waals surface area (Å²) >= 11 is 0. The number of nitriles is 1. The van der Waals surface area contributed by atoms with Gasteiger partial charge < -0.3 is 15.1 Å². The summed E-state index contributed by atoms with van der Waals surface area (Å²) in [4.78, 5) is 14.0. The zero-order valence-electron chi connectivity index (χ0n) is 11.7. The molecule has 104 valence electrons. The van der Waals surface area contributed by atoms with Crippen LogP contribution in [0.4, 0.5) is 0 Å². The Kier molecular flexibility index (Phi) is 5.13. The fourth-order valence-electron chi connectivity index (χ4n) is 1.61. The minimum atomic E-state index is -0.596. The summed E-state index contributed by atoms with van der Waals surface area (Å²) < 4.78 is 5.24. The van der Waals surface area contributed by atoms with Gasteiger partial charge in [-0.1, -0.05) is 20.8 Å². The molecule has 5 nitrogen and oxygen atoms in total. The molecular formula is C14H21N3O2. The van der Waals surface area contributed by atoms with Crippen molar-refractivity contribution in [2.24, 2.45) is 11.1 Å². The Morgan fingerprint density at radius 2 is 2.26 bits per heavy atom. The number of furan rings is 1. The van der Waals surface area contributed by atoms with Crippen molar-refractivity contribution in [2.75, 3.05) is 6.54 Å². The predicted octanol–water partition coefficient (Wildman–Crippen LogP) is 1.90. The molecule has 1 heterocycles. The molecule has 5 heteroatoms. The minimum Gasteiger partial charge on any atom is -0.467 e. The Morgan fingerprint density at radius 1 is 1.58 bits per heavy atom. The van der Waals surface area contributed by atoms with E-state index < -0.39 is 6.04 Å². The third-order valence-corrected chi connectivity index (χ3v) is 2.93. The monoisotopic (exact) mass is 263 g/mol. The lowest BCUT2D eigenvalue weighted by Crippen LogP contribution is -2.50. The van der Waals surface area contributed by atoms with Gasteiger partial charge in [0.25, 0.3) is 0 Å². The maximum absolute atomic E-state index is 12.4. The lowest BCUT2D eigenvalue weighted by atomic mass is 9.86. The van der Waals surface area contributed by atoms with E-state index in [1.807, 2.05) is 26.8 Å². The van der Waals surface area contributed by atoms with E-state index in [0.29, 0.717) is 18.8 Å². The highest BCUT2D eigenvalue weighted by atomic mass is 16.3. The van der Waals surface area contributed by atoms with E-state index in [-0.39, 0.29) is 17.7 Å². The van der Waals surface area contributed by atoms with Gasteiger partial charge in [0.1, 0.15) is 5.76 Å². The van der Waals surface area contributed by atoms with Crippen molar-refractivity contribution < 1.29 is 9.21 Å². The van der Waals surface area contributed by atoms with Gasteiger partial charge in [-0.3, -0.25) is 4.79 Å². The van der Waals surface area contributed by atoms with Crippen molar-refractivity contribution in [3.63, 3.8) is 0 Å². The summed E-state index contributed by atoms with van der Waals surface area (Å²) in [6.45, 7) is 6.47. The van der Waals surface area contributed by atoms with Gasteiger partial charge in [0.2, 0.25) is 5.91 Å². The normalized spacial score (nSPS) is 12.8. The van der Waals surface area contributed by atoms with Crippen molar-refractivity contribution in [3.05, 3.63) is 24.2 Å². The molecule has 2 N–H and O–H groups in total. The Labute approximate surface area is 114 Å². The van der Waals surface area contributed by atoms with Crippen molar-refractivity contribution in [3.8, 4) is 6.07 Å². The maximum Gasteiger partial charge on any atom is 0.240 e. The minimum absolute atomic E-state index is 0.154. The summed E-state index contributed by atoms with van der Waals surface area (Å²) in [6, 6.07) is 5.02. The van der Waals surface area contributed by atoms with Crippen LogP contribution in [0.3, 0.4) is 0 Å². The van der Waals surface area contributed by atoms with Crippen LogP contribution in [0, 0.1) is 16.7 Å². The Hall–Kier alpha value is -1.80. The number of rotatable bonds is 5. The number of amides is 1. The lowest BCUT2D eigenvalue weighted by molar-refractivity contribution is -0.135. The Morgan fingerprint density at radius 3 is 2.74 bits per heavy atom. The number of hydrogen-bond acceptors (Lipinski definition) is 4. The van der Waals surface area contributed by atoms with Gasteiger partial charge in [-0.15, -0.1) is 0 Å². The highest BCUT2D eigenvalue weighted by molar-refractivity contribution is 5.82. The second kappa shape index (κ2) is 6.39. The van der Waals surface area contributed by atoms with Crippen molar-refractivity contribution in [1.29, 1.82) is 5.26 Å². The summed E-state index contributed by atoms with van der Waals surface area (Å²) in [5.74, 6) is 0.534. The van der Waals surface area contributed by atoms with Crippen LogP contribution in [0.15, 0.2) is 22.8 Å². The SMILES string of the molecule is CC(C)(C)C(N)C(=O)N(CCC#N)Cc1ccco1. The number of nitrogens with two attached hydrogens (primary N) is 1. The molecule has 0 aromatic carbocycles. The third-order valence-electron chi connectivity index (χ3n) is 2.93. The average Bonchev–Trinajstić information content (AvgIpc) is 2.84. The second-order valence-corrected chi connectivity index (χ2v) is 5.59. The Balaban J connectivity index is 2.79. The van der Waals surface area contributed by atoms with Gasteiger partial charge >= 0.3 is 0 Å². The maximum atomic E-state index is 12.4. The molecule has 1 aromatic rings. The molecule has 1 aromatic heterocycles. The molecule has 1 amide bonds. The summed E-state index contributed by atoms with van der Waals surface area (Å²) in [7, 11) is 0. The first kappa shape index (κ1) is 15.3. The largest absolute Gasteiger partial charge is 0.467 e. The van der Waals surface area contributed by atoms with Crippen LogP contribution < -0.4 is 5.73 Å². The van der Waals surface area contributed by atoms with E-state index in [1.54, 1.807) is 23.3 Å². The molecule has 0 bridgehead atoms. The van der Waals surface area contributed by atoms with Gasteiger partial charge in [0, 0.05) is 6.54 Å². The van der Waals surface area contributed by atoms with Crippen molar-refractivity contribution >= 4 is 5.91 Å². The fraction of sp³-hybridized carbons (Fsp3) is 0.571. The first-order valence-electron chi connectivity index (χ1n) is 6.30. The highest BCUT2D eigenvalue weighted by Crippen LogP contribution is 2.20. The first-order valence-corrected chi connectivity index (χ1v) is 6.30. The predicted molar refractivity (Wildman–Crippen MR) is 71.8 cm³/mol. The number of carbonyl (C=O) groups excluding carboxylic acids is 1. The van der Waals surface area contributed by atoms with Crippen LogP contribution in [0.2, 0.25) is 0 Å². The van der Waals surface area contributed by atoms with E-state index in [9.17, 15) is 4.79 Å². The number of hydrogen-bond donors (Lipinski definition) is 1. The number of carbonyl (C=O) groups is 1. The van der Waals surface area contributed by atoms with Crippen LogP contribution in [0.5, 0.6) is 0 Å². The van der Waals surface area contributed by atoms with Crippen LogP contribution in [-0.2, 0) is 11.3 Å². The van der Waals surface area contributed by atoms with E-state index >= 15 is 0 Å². The van der Waals surface area contributed by atoms with Gasteiger partial charge in [-0.25, -0.2) is 0 Å². The fourth-order valence-corrected chi connectivity index (χ4v) is 1.61. The molecule has 19 heavy (non-hydrogen) atoms. The summed E-state index contributed by atoms with van der Waals surface area (Å²) in [5, 5.41) is 8.68. The van der Waals surface area contributed by atoms with E-state index in [4.69, 9.17) is 15.4 Å². The first-order chi connectivity index (χ1) is 8.86. The van der Waals surface area contributed by atoms with E-state index in [0.717, 1.165) is 0 Å². The standard InChI is InChI=1S/C14H21N3O2/c1-14(2,3)12(16)13(18)17(8-5-7-15)10-11-6-4-9-19-11/h4,6,9,12H,5,8,10,16H2,1-3H3. The second-order valence-electron chi connectivity index (χ2n) is 5.59. The van der Waals surface area contributed by atoms with Crippen LogP contribution in [-0.4, -0.2) is 23.4 Å². The molecule has 0 spiro atoms. The molecule has 0 aliphatic rings. The highest BCUT2D eigenvalue weighted by Gasteiger charge is 2.31. The molecular weight excluding hydrogens is 242 g/mol. The van der Waals surface area contributed by atoms with Gasteiger partial charge in [-0.05, 0) is 17.5 Å². The quantitative estimate of drug-likeness (QED) is 0.879. The topological polar surface area (TPSA) is 83.3 Å². The molecule has 1 atom stereocenters. The van der Waals surface area contributed by atoms with Crippen molar-refractivity contribution in [1.82, 2.24) is 4.90 Å². The molecule has 0 fully saturated rings. The Bertz CT molecular complexity index is 440. The smallest absolute Gasteiger partial charge is 0.240 e. The van der Waals surface area contributed by atoms with Gasteiger partial charge in [-0.2, -0.15) is 5.26 Å². The summed E-state index contributed by atoms with van der Waals surface area (Å²) in [5.41, 5.74) is 5.68. The molecule has 0 saturated carbocycles. The molecule has 1 rings (SSSR count). The molecule has 0 saturated heterocycles. The molecule has 1 unspecified atom stereocenters. The van der Waals surface area contributed by atoms with Crippen LogP contribution in [0.1, 0.15) is 33.0 Å². The zero-order chi connectivity index (χ0) is 14.5. The molecule has 0 aliphatic heterocycles. The summed E-state index contributed by atoms with van der Waals surface area (Å²) in [6.07, 6.45) is 1.84. The zero-order valence-corrected chi connectivity index (χ0v) is 11.7. The molecule has 0 aliphatic carbocycles. The van der Waals surface area contributed by atoms with Gasteiger partial charge in [0.15, 0.2) is 0 Å². The van der Waals surface area contributed by atoms with Crippen molar-refractivity contribution in [2.45, 2.75) is 39.8 Å². The van der Waals surface area contributed by atoms with E-state index in [1.165, 1.54) is 0 Å².